The Kier molecular flexibility index (Phi) is 6.39. The topological polar surface area (TPSA) is 75.3 Å². The Morgan fingerprint density at radius 3 is 2.52 bits per heavy atom. The molecular formula is C22H27FN2O3S. The van der Waals surface area contributed by atoms with Gasteiger partial charge >= 0.3 is 0 Å². The number of hydrogen-bond donors (Lipinski definition) is 2. The Labute approximate surface area is 171 Å². The first kappa shape index (κ1) is 21.5. The Hall–Kier alpha value is -2.25. The van der Waals surface area contributed by atoms with Crippen molar-refractivity contribution < 1.29 is 17.6 Å². The molecule has 2 aromatic rings. The highest BCUT2D eigenvalue weighted by atomic mass is 32.2. The van der Waals surface area contributed by atoms with Gasteiger partial charge < -0.3 is 5.32 Å². The summed E-state index contributed by atoms with van der Waals surface area (Å²) in [4.78, 5) is 12.5. The van der Waals surface area contributed by atoms with E-state index in [9.17, 15) is 17.6 Å². The third-order valence-corrected chi connectivity index (χ3v) is 7.04. The van der Waals surface area contributed by atoms with E-state index in [1.54, 1.807) is 6.07 Å². The van der Waals surface area contributed by atoms with Crippen LogP contribution in [0.5, 0.6) is 0 Å². The second-order valence-electron chi connectivity index (χ2n) is 7.90. The molecule has 1 aliphatic carbocycles. The van der Waals surface area contributed by atoms with Crippen LogP contribution in [0.25, 0.3) is 0 Å². The molecule has 2 atom stereocenters. The number of carbonyl (C=O) groups excluding carboxylic acids is 1. The van der Waals surface area contributed by atoms with Gasteiger partial charge in [-0.2, -0.15) is 0 Å². The fraction of sp³-hybridized carbons (Fsp3) is 0.409. The summed E-state index contributed by atoms with van der Waals surface area (Å²) < 4.78 is 42.7. The number of sulfonamides is 1. The minimum absolute atomic E-state index is 0.109. The van der Waals surface area contributed by atoms with Gasteiger partial charge in [0.05, 0.1) is 10.5 Å². The van der Waals surface area contributed by atoms with Crippen LogP contribution in [0.3, 0.4) is 0 Å². The summed E-state index contributed by atoms with van der Waals surface area (Å²) in [6, 6.07) is 8.74. The summed E-state index contributed by atoms with van der Waals surface area (Å²) in [5.74, 6) is -1.21. The van der Waals surface area contributed by atoms with E-state index >= 15 is 0 Å². The van der Waals surface area contributed by atoms with Crippen molar-refractivity contribution in [2.45, 2.75) is 57.4 Å². The Morgan fingerprint density at radius 2 is 1.79 bits per heavy atom. The lowest BCUT2D eigenvalue weighted by Crippen LogP contribution is -2.41. The molecule has 3 rings (SSSR count). The fourth-order valence-electron chi connectivity index (χ4n) is 3.66. The zero-order chi connectivity index (χ0) is 21.2. The molecule has 0 saturated heterocycles. The number of anilines is 1. The van der Waals surface area contributed by atoms with E-state index in [-0.39, 0.29) is 22.4 Å². The van der Waals surface area contributed by atoms with E-state index in [4.69, 9.17) is 0 Å². The molecule has 7 heteroatoms. The first-order valence-corrected chi connectivity index (χ1v) is 11.4. The number of aryl methyl sites for hydroxylation is 2. The first-order chi connectivity index (χ1) is 13.7. The molecule has 0 aliphatic heterocycles. The van der Waals surface area contributed by atoms with Crippen molar-refractivity contribution in [2.75, 3.05) is 5.32 Å². The standard InChI is InChI=1S/C22H27FN2O3S/c1-14-8-9-16(3)21(12-14)24-22(26)18-13-17(10-11-19(18)23)29(27,28)25-20-7-5-4-6-15(20)2/h8-13,15,20,25H,4-7H2,1-3H3,(H,24,26). The lowest BCUT2D eigenvalue weighted by atomic mass is 9.87. The Morgan fingerprint density at radius 1 is 1.07 bits per heavy atom. The minimum Gasteiger partial charge on any atom is -0.322 e. The first-order valence-electron chi connectivity index (χ1n) is 9.88. The molecule has 1 amide bonds. The molecule has 0 radical (unpaired) electrons. The maximum atomic E-state index is 14.3. The average molecular weight is 419 g/mol. The third kappa shape index (κ3) is 5.03. The highest BCUT2D eigenvalue weighted by molar-refractivity contribution is 7.89. The Bertz CT molecular complexity index is 1020. The van der Waals surface area contributed by atoms with E-state index in [0.29, 0.717) is 5.69 Å². The van der Waals surface area contributed by atoms with E-state index in [2.05, 4.69) is 10.0 Å². The van der Waals surface area contributed by atoms with Gasteiger partial charge in [-0.05, 0) is 68.0 Å². The van der Waals surface area contributed by atoms with Crippen molar-refractivity contribution >= 4 is 21.6 Å². The van der Waals surface area contributed by atoms with Gasteiger partial charge in [-0.25, -0.2) is 17.5 Å². The molecule has 2 unspecified atom stereocenters. The number of nitrogens with one attached hydrogen (secondary N) is 2. The van der Waals surface area contributed by atoms with Crippen LogP contribution in [0.15, 0.2) is 41.3 Å². The fourth-order valence-corrected chi connectivity index (χ4v) is 5.07. The van der Waals surface area contributed by atoms with Crippen molar-refractivity contribution in [1.29, 1.82) is 0 Å². The van der Waals surface area contributed by atoms with Crippen LogP contribution < -0.4 is 10.0 Å². The van der Waals surface area contributed by atoms with Crippen molar-refractivity contribution in [2.24, 2.45) is 5.92 Å². The van der Waals surface area contributed by atoms with Gasteiger partial charge in [0, 0.05) is 11.7 Å². The van der Waals surface area contributed by atoms with Crippen molar-refractivity contribution in [1.82, 2.24) is 4.72 Å². The minimum atomic E-state index is -3.85. The number of rotatable bonds is 5. The van der Waals surface area contributed by atoms with Crippen LogP contribution >= 0.6 is 0 Å². The molecule has 1 fully saturated rings. The summed E-state index contributed by atoms with van der Waals surface area (Å²) in [5, 5.41) is 2.68. The molecule has 29 heavy (non-hydrogen) atoms. The second kappa shape index (κ2) is 8.63. The van der Waals surface area contributed by atoms with E-state index in [1.807, 2.05) is 32.9 Å². The number of amides is 1. The molecule has 0 spiro atoms. The van der Waals surface area contributed by atoms with E-state index < -0.39 is 21.7 Å². The van der Waals surface area contributed by atoms with Gasteiger partial charge in [-0.15, -0.1) is 0 Å². The van der Waals surface area contributed by atoms with Crippen LogP contribution in [0.2, 0.25) is 0 Å². The summed E-state index contributed by atoms with van der Waals surface area (Å²) in [6.45, 7) is 5.75. The predicted molar refractivity (Wildman–Crippen MR) is 112 cm³/mol. The molecule has 1 saturated carbocycles. The molecule has 0 bridgehead atoms. The summed E-state index contributed by atoms with van der Waals surface area (Å²) in [6.07, 6.45) is 3.82. The molecule has 0 heterocycles. The summed E-state index contributed by atoms with van der Waals surface area (Å²) in [5.41, 5.74) is 2.05. The van der Waals surface area contributed by atoms with Gasteiger partial charge in [-0.1, -0.05) is 31.9 Å². The van der Waals surface area contributed by atoms with Crippen molar-refractivity contribution in [3.8, 4) is 0 Å². The molecule has 156 valence electrons. The zero-order valence-electron chi connectivity index (χ0n) is 17.0. The monoisotopic (exact) mass is 418 g/mol. The average Bonchev–Trinajstić information content (AvgIpc) is 2.66. The molecule has 1 aliphatic rings. The van der Waals surface area contributed by atoms with Crippen LogP contribution in [-0.2, 0) is 10.0 Å². The van der Waals surface area contributed by atoms with Crippen molar-refractivity contribution in [3.05, 3.63) is 58.9 Å². The lowest BCUT2D eigenvalue weighted by Gasteiger charge is -2.29. The maximum Gasteiger partial charge on any atom is 0.258 e. The number of carbonyl (C=O) groups is 1. The maximum absolute atomic E-state index is 14.3. The van der Waals surface area contributed by atoms with Gasteiger partial charge in [0.15, 0.2) is 0 Å². The van der Waals surface area contributed by atoms with Crippen LogP contribution in [0.4, 0.5) is 10.1 Å². The van der Waals surface area contributed by atoms with Crippen LogP contribution in [-0.4, -0.2) is 20.4 Å². The van der Waals surface area contributed by atoms with Gasteiger partial charge in [0.1, 0.15) is 5.82 Å². The zero-order valence-corrected chi connectivity index (χ0v) is 17.8. The normalized spacial score (nSPS) is 19.7. The van der Waals surface area contributed by atoms with Crippen molar-refractivity contribution in [3.63, 3.8) is 0 Å². The second-order valence-corrected chi connectivity index (χ2v) is 9.62. The van der Waals surface area contributed by atoms with E-state index in [1.165, 1.54) is 6.07 Å². The SMILES string of the molecule is Cc1ccc(C)c(NC(=O)c2cc(S(=O)(=O)NC3CCCCC3C)ccc2F)c1. The number of halogens is 1. The summed E-state index contributed by atoms with van der Waals surface area (Å²) in [7, 11) is -3.85. The molecule has 0 aromatic heterocycles. The third-order valence-electron chi connectivity index (χ3n) is 5.55. The van der Waals surface area contributed by atoms with Gasteiger partial charge in [-0.3, -0.25) is 4.79 Å². The molecule has 5 nitrogen and oxygen atoms in total. The number of benzene rings is 2. The Balaban J connectivity index is 1.85. The highest BCUT2D eigenvalue weighted by Gasteiger charge is 2.27. The molecule has 2 aromatic carbocycles. The quantitative estimate of drug-likeness (QED) is 0.748. The molecule has 2 N–H and O–H groups in total. The predicted octanol–water partition coefficient (Wildman–Crippen LogP) is 4.55. The molecular weight excluding hydrogens is 391 g/mol. The van der Waals surface area contributed by atoms with E-state index in [0.717, 1.165) is 48.9 Å². The van der Waals surface area contributed by atoms with Gasteiger partial charge in [0.25, 0.3) is 5.91 Å². The lowest BCUT2D eigenvalue weighted by molar-refractivity contribution is 0.102. The van der Waals surface area contributed by atoms with Crippen LogP contribution in [0, 0.1) is 25.6 Å². The smallest absolute Gasteiger partial charge is 0.258 e. The van der Waals surface area contributed by atoms with Gasteiger partial charge in [0.2, 0.25) is 10.0 Å². The summed E-state index contributed by atoms with van der Waals surface area (Å²) >= 11 is 0. The highest BCUT2D eigenvalue weighted by Crippen LogP contribution is 2.26. The number of hydrogen-bond acceptors (Lipinski definition) is 3. The largest absolute Gasteiger partial charge is 0.322 e. The van der Waals surface area contributed by atoms with Crippen LogP contribution in [0.1, 0.15) is 54.1 Å².